The molecule has 1 fully saturated rings. The maximum Gasteiger partial charge on any atom is 0.173 e. The molecule has 140 valence electrons. The molecule has 5 heteroatoms. The van der Waals surface area contributed by atoms with Crippen LogP contribution in [0.15, 0.2) is 18.2 Å². The minimum Gasteiger partial charge on any atom is -0.383 e. The van der Waals surface area contributed by atoms with E-state index in [1.807, 2.05) is 0 Å². The van der Waals surface area contributed by atoms with E-state index in [9.17, 15) is 0 Å². The van der Waals surface area contributed by atoms with Gasteiger partial charge in [-0.05, 0) is 63.2 Å². The Bertz CT molecular complexity index is 548. The van der Waals surface area contributed by atoms with Crippen LogP contribution in [-0.4, -0.2) is 55.4 Å². The Kier molecular flexibility index (Phi) is 7.66. The highest BCUT2D eigenvalue weighted by Gasteiger charge is 2.29. The number of thiocarbonyl (C=S) groups is 1. The molecule has 0 aliphatic carbocycles. The van der Waals surface area contributed by atoms with E-state index in [2.05, 4.69) is 56.1 Å². The van der Waals surface area contributed by atoms with Crippen LogP contribution < -0.4 is 10.2 Å². The fraction of sp³-hybridized carbons (Fsp3) is 0.650. The summed E-state index contributed by atoms with van der Waals surface area (Å²) in [6.07, 6.45) is 2.37. The molecular formula is C20H34N3OS+. The third-order valence-corrected chi connectivity index (χ3v) is 5.46. The summed E-state index contributed by atoms with van der Waals surface area (Å²) in [6.45, 7) is 12.8. The first-order chi connectivity index (χ1) is 11.9. The van der Waals surface area contributed by atoms with Gasteiger partial charge in [0.15, 0.2) is 5.11 Å². The number of benzene rings is 1. The fourth-order valence-electron chi connectivity index (χ4n) is 3.74. The van der Waals surface area contributed by atoms with Crippen molar-refractivity contribution in [3.8, 4) is 0 Å². The zero-order valence-corrected chi connectivity index (χ0v) is 17.2. The van der Waals surface area contributed by atoms with Gasteiger partial charge in [0.2, 0.25) is 0 Å². The molecule has 1 aliphatic heterocycles. The van der Waals surface area contributed by atoms with E-state index in [1.165, 1.54) is 37.1 Å². The Labute approximate surface area is 158 Å². The molecular weight excluding hydrogens is 330 g/mol. The highest BCUT2D eigenvalue weighted by molar-refractivity contribution is 7.80. The molecule has 25 heavy (non-hydrogen) atoms. The number of ether oxygens (including phenoxy) is 1. The van der Waals surface area contributed by atoms with Gasteiger partial charge in [0.05, 0.1) is 25.7 Å². The molecule has 2 N–H and O–H groups in total. The van der Waals surface area contributed by atoms with E-state index < -0.39 is 0 Å². The molecule has 1 heterocycles. The van der Waals surface area contributed by atoms with Crippen LogP contribution in [0.4, 0.5) is 5.69 Å². The smallest absolute Gasteiger partial charge is 0.173 e. The number of nitrogens with one attached hydrogen (secondary N) is 2. The van der Waals surface area contributed by atoms with Crippen LogP contribution in [0.3, 0.4) is 0 Å². The summed E-state index contributed by atoms with van der Waals surface area (Å²) in [5.74, 6) is 0. The lowest BCUT2D eigenvalue weighted by atomic mass is 10.0. The van der Waals surface area contributed by atoms with Crippen molar-refractivity contribution in [3.63, 3.8) is 0 Å². The monoisotopic (exact) mass is 364 g/mol. The second kappa shape index (κ2) is 9.51. The third kappa shape index (κ3) is 5.94. The predicted molar refractivity (Wildman–Crippen MR) is 110 cm³/mol. The van der Waals surface area contributed by atoms with Gasteiger partial charge in [-0.3, -0.25) is 0 Å². The number of nitrogens with zero attached hydrogens (tertiary/aromatic N) is 1. The van der Waals surface area contributed by atoms with Crippen molar-refractivity contribution < 1.29 is 9.64 Å². The summed E-state index contributed by atoms with van der Waals surface area (Å²) in [5.41, 5.74) is 3.58. The predicted octanol–water partition coefficient (Wildman–Crippen LogP) is 2.40. The lowest BCUT2D eigenvalue weighted by Gasteiger charge is -2.39. The van der Waals surface area contributed by atoms with Crippen LogP contribution >= 0.6 is 12.2 Å². The number of piperidine rings is 1. The number of hydrogen-bond acceptors (Lipinski definition) is 2. The van der Waals surface area contributed by atoms with E-state index >= 15 is 0 Å². The molecule has 0 saturated carbocycles. The first-order valence-electron chi connectivity index (χ1n) is 9.40. The summed E-state index contributed by atoms with van der Waals surface area (Å²) < 4.78 is 5.33. The van der Waals surface area contributed by atoms with Gasteiger partial charge in [0.25, 0.3) is 0 Å². The first-order valence-corrected chi connectivity index (χ1v) is 9.81. The minimum atomic E-state index is 0.503. The number of rotatable bonds is 6. The third-order valence-electron chi connectivity index (χ3n) is 5.12. The lowest BCUT2D eigenvalue weighted by molar-refractivity contribution is -0.926. The normalized spacial score (nSPS) is 20.6. The van der Waals surface area contributed by atoms with Crippen molar-refractivity contribution in [3.05, 3.63) is 29.3 Å². The Morgan fingerprint density at radius 1 is 1.24 bits per heavy atom. The van der Waals surface area contributed by atoms with Gasteiger partial charge in [-0.2, -0.15) is 0 Å². The van der Waals surface area contributed by atoms with Crippen molar-refractivity contribution in [2.24, 2.45) is 0 Å². The number of anilines is 1. The number of hydrogen-bond donors (Lipinski definition) is 2. The van der Waals surface area contributed by atoms with Gasteiger partial charge in [-0.1, -0.05) is 6.07 Å². The average Bonchev–Trinajstić information content (AvgIpc) is 2.54. The van der Waals surface area contributed by atoms with E-state index in [4.69, 9.17) is 17.0 Å². The fourth-order valence-corrected chi connectivity index (χ4v) is 4.10. The van der Waals surface area contributed by atoms with Crippen LogP contribution in [0, 0.1) is 13.8 Å². The summed E-state index contributed by atoms with van der Waals surface area (Å²) >= 11 is 5.77. The van der Waals surface area contributed by atoms with E-state index in [0.29, 0.717) is 18.7 Å². The summed E-state index contributed by atoms with van der Waals surface area (Å²) in [5, 5.41) is 4.28. The summed E-state index contributed by atoms with van der Waals surface area (Å²) in [6, 6.07) is 7.69. The molecule has 0 spiro atoms. The molecule has 0 unspecified atom stereocenters. The van der Waals surface area contributed by atoms with E-state index in [0.717, 1.165) is 17.3 Å². The Morgan fingerprint density at radius 3 is 2.36 bits per heavy atom. The van der Waals surface area contributed by atoms with Crippen molar-refractivity contribution in [2.45, 2.75) is 52.6 Å². The number of aryl methyl sites for hydroxylation is 2. The Morgan fingerprint density at radius 2 is 1.84 bits per heavy atom. The van der Waals surface area contributed by atoms with Crippen LogP contribution in [0.2, 0.25) is 0 Å². The highest BCUT2D eigenvalue weighted by atomic mass is 32.1. The molecule has 0 radical (unpaired) electrons. The second-order valence-corrected chi connectivity index (χ2v) is 7.92. The quantitative estimate of drug-likeness (QED) is 0.759. The lowest BCUT2D eigenvalue weighted by Crippen LogP contribution is -3.16. The van der Waals surface area contributed by atoms with Crippen LogP contribution in [-0.2, 0) is 4.74 Å². The molecule has 0 atom stereocenters. The number of likely N-dealkylation sites (tertiary alicyclic amines) is 1. The summed E-state index contributed by atoms with van der Waals surface area (Å²) in [4.78, 5) is 4.05. The second-order valence-electron chi connectivity index (χ2n) is 7.54. The van der Waals surface area contributed by atoms with Crippen LogP contribution in [0.25, 0.3) is 0 Å². The zero-order chi connectivity index (χ0) is 18.4. The van der Waals surface area contributed by atoms with Crippen LogP contribution in [0.1, 0.15) is 37.8 Å². The van der Waals surface area contributed by atoms with Gasteiger partial charge in [0.1, 0.15) is 0 Å². The molecule has 1 aliphatic rings. The topological polar surface area (TPSA) is 28.9 Å². The van der Waals surface area contributed by atoms with Crippen molar-refractivity contribution in [1.82, 2.24) is 4.90 Å². The van der Waals surface area contributed by atoms with Gasteiger partial charge >= 0.3 is 0 Å². The molecule has 0 aromatic heterocycles. The molecule has 2 rings (SSSR count). The van der Waals surface area contributed by atoms with Crippen molar-refractivity contribution in [1.29, 1.82) is 0 Å². The maximum atomic E-state index is 5.77. The standard InChI is InChI=1S/C20H33N3OS/c1-15(2)22-8-6-19(7-9-22)23(10-11-24-5)20(25)21-18-13-16(3)12-17(4)14-18/h12-15,19H,6-11H2,1-5H3,(H,21,25)/p+1. The largest absolute Gasteiger partial charge is 0.383 e. The van der Waals surface area contributed by atoms with Crippen molar-refractivity contribution in [2.75, 3.05) is 38.7 Å². The zero-order valence-electron chi connectivity index (χ0n) is 16.4. The van der Waals surface area contributed by atoms with E-state index in [1.54, 1.807) is 12.0 Å². The molecule has 4 nitrogen and oxygen atoms in total. The molecule has 1 aromatic rings. The van der Waals surface area contributed by atoms with Gasteiger partial charge in [0, 0.05) is 38.2 Å². The molecule has 1 saturated heterocycles. The van der Waals surface area contributed by atoms with Gasteiger partial charge in [-0.15, -0.1) is 0 Å². The average molecular weight is 365 g/mol. The van der Waals surface area contributed by atoms with Gasteiger partial charge in [-0.25, -0.2) is 0 Å². The maximum absolute atomic E-state index is 5.77. The molecule has 1 aromatic carbocycles. The van der Waals surface area contributed by atoms with E-state index in [-0.39, 0.29) is 0 Å². The highest BCUT2D eigenvalue weighted by Crippen LogP contribution is 2.17. The molecule has 0 bridgehead atoms. The number of quaternary nitrogens is 1. The number of methoxy groups -OCH3 is 1. The minimum absolute atomic E-state index is 0.503. The van der Waals surface area contributed by atoms with Crippen molar-refractivity contribution >= 4 is 23.0 Å². The Hall–Kier alpha value is -1.17. The summed E-state index contributed by atoms with van der Waals surface area (Å²) in [7, 11) is 1.75. The molecule has 0 amide bonds. The SMILES string of the molecule is COCCN(C(=S)Nc1cc(C)cc(C)c1)C1CC[NH+](C(C)C)CC1. The van der Waals surface area contributed by atoms with Crippen LogP contribution in [0.5, 0.6) is 0 Å². The Balaban J connectivity index is 2.04. The van der Waals surface area contributed by atoms with Gasteiger partial charge < -0.3 is 19.9 Å². The first kappa shape index (κ1) is 20.1.